The molecule has 0 aliphatic carbocycles. The second-order valence-electron chi connectivity index (χ2n) is 4.74. The van der Waals surface area contributed by atoms with Crippen LogP contribution in [0.15, 0.2) is 18.2 Å². The summed E-state index contributed by atoms with van der Waals surface area (Å²) in [6.45, 7) is 3.68. The number of carboxylic acid groups (broad SMARTS) is 1. The summed E-state index contributed by atoms with van der Waals surface area (Å²) in [6, 6.07) is 8.91. The van der Waals surface area contributed by atoms with Crippen LogP contribution < -0.4 is 4.72 Å². The Morgan fingerprint density at radius 2 is 2.11 bits per heavy atom. The van der Waals surface area contributed by atoms with Gasteiger partial charge < -0.3 is 5.11 Å². The molecule has 1 rings (SSSR count). The molecule has 0 aromatic heterocycles. The van der Waals surface area contributed by atoms with Crippen LogP contribution in [0.5, 0.6) is 0 Å². The molecule has 5 nitrogen and oxygen atoms in total. The second-order valence-corrected chi connectivity index (χ2v) is 6.49. The zero-order chi connectivity index (χ0) is 14.5. The minimum atomic E-state index is -3.69. The molecule has 0 bridgehead atoms. The lowest BCUT2D eigenvalue weighted by Crippen LogP contribution is -2.42. The number of carbonyl (C=O) groups is 1. The van der Waals surface area contributed by atoms with Gasteiger partial charge in [0.25, 0.3) is 0 Å². The van der Waals surface area contributed by atoms with Gasteiger partial charge in [0, 0.05) is 0 Å². The highest BCUT2D eigenvalue weighted by Crippen LogP contribution is 2.09. The summed E-state index contributed by atoms with van der Waals surface area (Å²) in [5.74, 6) is -1.34. The summed E-state index contributed by atoms with van der Waals surface area (Å²) < 4.78 is 26.0. The molecule has 2 N–H and O–H groups in total. The standard InChI is InChI=1S/C13H17NO4S/c1-10(2)8-12(13(15)16)14-19(17,18)9-11-6-4-3-5-7-11/h4,6-7,10,12,14H,8-9H2,1-2H3,(H,15,16)/t12-/m0/s1. The average molecular weight is 283 g/mol. The van der Waals surface area contributed by atoms with E-state index < -0.39 is 22.0 Å². The first-order valence-electron chi connectivity index (χ1n) is 5.89. The van der Waals surface area contributed by atoms with Gasteiger partial charge in [-0.25, -0.2) is 13.1 Å². The third-order valence-electron chi connectivity index (χ3n) is 2.41. The van der Waals surface area contributed by atoms with E-state index in [4.69, 9.17) is 5.11 Å². The largest absolute Gasteiger partial charge is 0.480 e. The van der Waals surface area contributed by atoms with Crippen molar-refractivity contribution in [2.45, 2.75) is 32.1 Å². The first-order valence-corrected chi connectivity index (χ1v) is 7.55. The van der Waals surface area contributed by atoms with E-state index in [0.717, 1.165) is 0 Å². The number of carboxylic acids is 1. The molecule has 1 atom stereocenters. The Hall–Kier alpha value is -1.58. The smallest absolute Gasteiger partial charge is 0.321 e. The molecule has 104 valence electrons. The predicted octanol–water partition coefficient (Wildman–Crippen LogP) is 1.21. The SMILES string of the molecule is CC(C)C[C@H](NS(=O)(=O)Cc1cc#ccc1)C(=O)O. The van der Waals surface area contributed by atoms with Crippen LogP contribution in [0.3, 0.4) is 0 Å². The fourth-order valence-corrected chi connectivity index (χ4v) is 2.95. The molecule has 1 aromatic carbocycles. The number of hydrogen-bond donors (Lipinski definition) is 2. The van der Waals surface area contributed by atoms with E-state index in [9.17, 15) is 13.2 Å². The van der Waals surface area contributed by atoms with E-state index in [1.165, 1.54) is 6.07 Å². The van der Waals surface area contributed by atoms with E-state index >= 15 is 0 Å². The third kappa shape index (κ3) is 5.73. The van der Waals surface area contributed by atoms with Crippen LogP contribution >= 0.6 is 0 Å². The van der Waals surface area contributed by atoms with E-state index in [-0.39, 0.29) is 18.1 Å². The molecule has 0 amide bonds. The van der Waals surface area contributed by atoms with E-state index in [0.29, 0.717) is 5.56 Å². The number of hydrogen-bond acceptors (Lipinski definition) is 3. The van der Waals surface area contributed by atoms with Crippen LogP contribution in [-0.2, 0) is 20.6 Å². The summed E-state index contributed by atoms with van der Waals surface area (Å²) in [4.78, 5) is 11.0. The van der Waals surface area contributed by atoms with Crippen molar-refractivity contribution in [3.8, 4) is 0 Å². The minimum absolute atomic E-state index is 0.0865. The maximum Gasteiger partial charge on any atom is 0.321 e. The van der Waals surface area contributed by atoms with Gasteiger partial charge in [-0.05, 0) is 36.1 Å². The highest BCUT2D eigenvalue weighted by atomic mass is 32.2. The van der Waals surface area contributed by atoms with Crippen molar-refractivity contribution >= 4 is 16.0 Å². The van der Waals surface area contributed by atoms with Gasteiger partial charge >= 0.3 is 5.97 Å². The monoisotopic (exact) mass is 283 g/mol. The van der Waals surface area contributed by atoms with Crippen molar-refractivity contribution < 1.29 is 18.3 Å². The maximum atomic E-state index is 11.9. The lowest BCUT2D eigenvalue weighted by atomic mass is 10.1. The molecular formula is C13H17NO4S. The summed E-state index contributed by atoms with van der Waals surface area (Å²) in [5.41, 5.74) is 0.542. The third-order valence-corrected chi connectivity index (χ3v) is 3.76. The van der Waals surface area contributed by atoms with Gasteiger partial charge in [0.1, 0.15) is 6.04 Å². The first-order chi connectivity index (χ1) is 8.80. The Balaban J connectivity index is 2.74. The van der Waals surface area contributed by atoms with Crippen molar-refractivity contribution in [3.05, 3.63) is 35.9 Å². The predicted molar refractivity (Wildman–Crippen MR) is 70.8 cm³/mol. The lowest BCUT2D eigenvalue weighted by Gasteiger charge is -2.16. The van der Waals surface area contributed by atoms with Crippen molar-refractivity contribution in [1.82, 2.24) is 4.72 Å². The molecule has 19 heavy (non-hydrogen) atoms. The topological polar surface area (TPSA) is 83.5 Å². The molecule has 0 spiro atoms. The molecule has 0 aliphatic rings. The Morgan fingerprint density at radius 1 is 1.42 bits per heavy atom. The summed E-state index contributed by atoms with van der Waals surface area (Å²) in [5, 5.41) is 9.01. The lowest BCUT2D eigenvalue weighted by molar-refractivity contribution is -0.139. The van der Waals surface area contributed by atoms with Gasteiger partial charge in [-0.3, -0.25) is 4.79 Å². The van der Waals surface area contributed by atoms with Crippen molar-refractivity contribution in [2.75, 3.05) is 0 Å². The van der Waals surface area contributed by atoms with Gasteiger partial charge in [0.05, 0.1) is 5.75 Å². The Bertz CT molecular complexity index is 511. The molecule has 0 saturated carbocycles. The quantitative estimate of drug-likeness (QED) is 0.787. The van der Waals surface area contributed by atoms with Crippen molar-refractivity contribution in [1.29, 1.82) is 0 Å². The average Bonchev–Trinajstić information content (AvgIpc) is 2.27. The van der Waals surface area contributed by atoms with Crippen LogP contribution in [0.25, 0.3) is 0 Å². The van der Waals surface area contributed by atoms with Gasteiger partial charge in [-0.1, -0.05) is 26.0 Å². The minimum Gasteiger partial charge on any atom is -0.480 e. The molecule has 0 fully saturated rings. The van der Waals surface area contributed by atoms with Gasteiger partial charge in [0.15, 0.2) is 0 Å². The molecule has 6 heteroatoms. The number of rotatable bonds is 7. The highest BCUT2D eigenvalue weighted by Gasteiger charge is 2.24. The molecule has 0 aliphatic heterocycles. The first kappa shape index (κ1) is 15.5. The van der Waals surface area contributed by atoms with Crippen molar-refractivity contribution in [2.24, 2.45) is 5.92 Å². The number of sulfonamides is 1. The summed E-state index contributed by atoms with van der Waals surface area (Å²) >= 11 is 0. The van der Waals surface area contributed by atoms with Crippen LogP contribution in [0.4, 0.5) is 0 Å². The second kappa shape index (κ2) is 6.55. The zero-order valence-corrected chi connectivity index (χ0v) is 11.7. The van der Waals surface area contributed by atoms with Crippen LogP contribution in [0, 0.1) is 18.1 Å². The van der Waals surface area contributed by atoms with Gasteiger partial charge in [0.2, 0.25) is 10.0 Å². The normalized spacial score (nSPS) is 13.0. The van der Waals surface area contributed by atoms with Gasteiger partial charge in [-0.15, -0.1) is 0 Å². The van der Waals surface area contributed by atoms with Crippen molar-refractivity contribution in [3.63, 3.8) is 0 Å². The molecule has 1 aromatic rings. The van der Waals surface area contributed by atoms with E-state index in [2.05, 4.69) is 16.9 Å². The van der Waals surface area contributed by atoms with Gasteiger partial charge in [-0.2, -0.15) is 0 Å². The number of nitrogens with one attached hydrogen (secondary N) is 1. The van der Waals surface area contributed by atoms with E-state index in [1.54, 1.807) is 12.1 Å². The molecular weight excluding hydrogens is 266 g/mol. The highest BCUT2D eigenvalue weighted by molar-refractivity contribution is 7.88. The maximum absolute atomic E-state index is 11.9. The summed E-state index contributed by atoms with van der Waals surface area (Å²) in [6.07, 6.45) is 0.253. The Morgan fingerprint density at radius 3 is 2.58 bits per heavy atom. The van der Waals surface area contributed by atoms with Crippen LogP contribution in [0.2, 0.25) is 0 Å². The van der Waals surface area contributed by atoms with E-state index in [1.807, 2.05) is 13.8 Å². The van der Waals surface area contributed by atoms with Crippen LogP contribution in [0.1, 0.15) is 25.8 Å². The summed E-state index contributed by atoms with van der Waals surface area (Å²) in [7, 11) is -3.69. The Kier molecular flexibility index (Phi) is 5.33. The zero-order valence-electron chi connectivity index (χ0n) is 10.9. The fourth-order valence-electron chi connectivity index (χ4n) is 1.62. The Labute approximate surface area is 113 Å². The van der Waals surface area contributed by atoms with Crippen LogP contribution in [-0.4, -0.2) is 25.5 Å². The molecule has 0 radical (unpaired) electrons. The fraction of sp³-hybridized carbons (Fsp3) is 0.462. The molecule has 0 heterocycles. The number of aliphatic carboxylic acids is 1. The molecule has 0 saturated heterocycles. The molecule has 0 unspecified atom stereocenters.